The Morgan fingerprint density at radius 2 is 1.50 bits per heavy atom. The van der Waals surface area contributed by atoms with E-state index in [-0.39, 0.29) is 23.4 Å². The van der Waals surface area contributed by atoms with Gasteiger partial charge < -0.3 is 15.2 Å². The fraction of sp³-hybridized carbons (Fsp3) is 0.0909. The number of nitrogens with zero attached hydrogens (tertiary/aromatic N) is 1. The van der Waals surface area contributed by atoms with Gasteiger partial charge in [0.25, 0.3) is 5.91 Å². The lowest BCUT2D eigenvalue weighted by atomic mass is 10.1. The number of anilines is 2. The molecule has 1 amide bonds. The third-order valence-electron chi connectivity index (χ3n) is 4.38. The highest BCUT2D eigenvalue weighted by Crippen LogP contribution is 2.22. The molecule has 8 heteroatoms. The van der Waals surface area contributed by atoms with Crippen LogP contribution in [0.5, 0.6) is 0 Å². The van der Waals surface area contributed by atoms with Crippen molar-refractivity contribution in [3.8, 4) is 0 Å². The average molecular weight is 423 g/mol. The van der Waals surface area contributed by atoms with Crippen LogP contribution in [0.3, 0.4) is 0 Å². The quantitative estimate of drug-likeness (QED) is 0.627. The molecule has 0 heterocycles. The van der Waals surface area contributed by atoms with Crippen molar-refractivity contribution in [2.75, 3.05) is 15.9 Å². The molecule has 0 unspecified atom stereocenters. The molecule has 3 rings (SSSR count). The maximum Gasteiger partial charge on any atom is 0.255 e. The summed E-state index contributed by atoms with van der Waals surface area (Å²) in [6.45, 7) is 0.157. The SMILES string of the molecule is CS(=O)(=O)N(Cc1ccccc1)c1ccc(C(=O)Nc2ccccc2C(=O)[O-])cc1. The lowest BCUT2D eigenvalue weighted by molar-refractivity contribution is -0.254. The van der Waals surface area contributed by atoms with Gasteiger partial charge in [-0.05, 0) is 35.9 Å². The molecule has 0 spiro atoms. The third-order valence-corrected chi connectivity index (χ3v) is 5.52. The minimum absolute atomic E-state index is 0.119. The van der Waals surface area contributed by atoms with Gasteiger partial charge in [-0.3, -0.25) is 9.10 Å². The van der Waals surface area contributed by atoms with E-state index in [0.29, 0.717) is 5.69 Å². The Kier molecular flexibility index (Phi) is 6.17. The molecule has 0 saturated heterocycles. The van der Waals surface area contributed by atoms with E-state index in [9.17, 15) is 23.1 Å². The first-order valence-corrected chi connectivity index (χ1v) is 10.8. The molecule has 0 atom stereocenters. The van der Waals surface area contributed by atoms with Crippen LogP contribution < -0.4 is 14.7 Å². The smallest absolute Gasteiger partial charge is 0.255 e. The maximum absolute atomic E-state index is 12.5. The van der Waals surface area contributed by atoms with Crippen LogP contribution in [0.2, 0.25) is 0 Å². The summed E-state index contributed by atoms with van der Waals surface area (Å²) in [5, 5.41) is 13.7. The zero-order valence-electron chi connectivity index (χ0n) is 16.1. The van der Waals surface area contributed by atoms with Gasteiger partial charge in [0, 0.05) is 11.1 Å². The summed E-state index contributed by atoms with van der Waals surface area (Å²) in [7, 11) is -3.55. The number of carboxylic acids is 1. The van der Waals surface area contributed by atoms with E-state index in [4.69, 9.17) is 0 Å². The second-order valence-electron chi connectivity index (χ2n) is 6.59. The summed E-state index contributed by atoms with van der Waals surface area (Å²) < 4.78 is 25.8. The van der Waals surface area contributed by atoms with Gasteiger partial charge in [-0.1, -0.05) is 48.5 Å². The van der Waals surface area contributed by atoms with E-state index in [1.807, 2.05) is 30.3 Å². The lowest BCUT2D eigenvalue weighted by Gasteiger charge is -2.22. The Labute approximate surface area is 174 Å². The number of carbonyl (C=O) groups excluding carboxylic acids is 2. The number of benzene rings is 3. The maximum atomic E-state index is 12.5. The van der Waals surface area contributed by atoms with Crippen LogP contribution in [-0.4, -0.2) is 26.6 Å². The summed E-state index contributed by atoms with van der Waals surface area (Å²) in [5.74, 6) is -1.92. The number of amides is 1. The van der Waals surface area contributed by atoms with E-state index in [1.165, 1.54) is 46.8 Å². The highest BCUT2D eigenvalue weighted by atomic mass is 32.2. The predicted octanol–water partition coefficient (Wildman–Crippen LogP) is 2.27. The van der Waals surface area contributed by atoms with Crippen molar-refractivity contribution in [3.63, 3.8) is 0 Å². The zero-order valence-corrected chi connectivity index (χ0v) is 16.9. The first-order valence-electron chi connectivity index (χ1n) is 8.99. The molecule has 0 aromatic heterocycles. The highest BCUT2D eigenvalue weighted by molar-refractivity contribution is 7.92. The molecule has 0 aliphatic heterocycles. The van der Waals surface area contributed by atoms with Crippen molar-refractivity contribution in [2.45, 2.75) is 6.54 Å². The predicted molar refractivity (Wildman–Crippen MR) is 113 cm³/mol. The Hall–Kier alpha value is -3.65. The number of carboxylic acid groups (broad SMARTS) is 1. The standard InChI is InChI=1S/C22H20N2O5S/c1-30(28,29)24(15-16-7-3-2-4-8-16)18-13-11-17(12-14-18)21(25)23-20-10-6-5-9-19(20)22(26)27/h2-14H,15H2,1H3,(H,23,25)(H,26,27)/p-1. The number of hydrogen-bond acceptors (Lipinski definition) is 5. The van der Waals surface area contributed by atoms with Crippen LogP contribution in [0.15, 0.2) is 78.9 Å². The normalized spacial score (nSPS) is 11.0. The molecule has 0 fully saturated rings. The van der Waals surface area contributed by atoms with Crippen LogP contribution in [0.4, 0.5) is 11.4 Å². The van der Waals surface area contributed by atoms with E-state index >= 15 is 0 Å². The number of hydrogen-bond donors (Lipinski definition) is 1. The van der Waals surface area contributed by atoms with E-state index < -0.39 is 21.9 Å². The molecule has 7 nitrogen and oxygen atoms in total. The van der Waals surface area contributed by atoms with Crippen LogP contribution in [0, 0.1) is 0 Å². The van der Waals surface area contributed by atoms with Gasteiger partial charge in [0.05, 0.1) is 30.1 Å². The van der Waals surface area contributed by atoms with Gasteiger partial charge in [0.15, 0.2) is 0 Å². The second-order valence-corrected chi connectivity index (χ2v) is 8.50. The lowest BCUT2D eigenvalue weighted by Crippen LogP contribution is -2.29. The summed E-state index contributed by atoms with van der Waals surface area (Å²) in [6.07, 6.45) is 1.12. The van der Waals surface area contributed by atoms with Crippen molar-refractivity contribution in [1.29, 1.82) is 0 Å². The van der Waals surface area contributed by atoms with Crippen LogP contribution >= 0.6 is 0 Å². The number of aromatic carboxylic acids is 1. The van der Waals surface area contributed by atoms with Gasteiger partial charge in [-0.2, -0.15) is 0 Å². The summed E-state index contributed by atoms with van der Waals surface area (Å²) >= 11 is 0. The summed E-state index contributed by atoms with van der Waals surface area (Å²) in [6, 6.07) is 21.1. The number of nitrogens with one attached hydrogen (secondary N) is 1. The zero-order chi connectivity index (χ0) is 21.7. The van der Waals surface area contributed by atoms with E-state index in [0.717, 1.165) is 11.8 Å². The molecule has 0 aliphatic rings. The monoisotopic (exact) mass is 423 g/mol. The fourth-order valence-electron chi connectivity index (χ4n) is 2.89. The molecule has 3 aromatic carbocycles. The van der Waals surface area contributed by atoms with Gasteiger partial charge in [-0.25, -0.2) is 8.42 Å². The first kappa shape index (κ1) is 21.1. The van der Waals surface area contributed by atoms with Crippen molar-refractivity contribution in [2.24, 2.45) is 0 Å². The minimum Gasteiger partial charge on any atom is -0.545 e. The minimum atomic E-state index is -3.55. The summed E-state index contributed by atoms with van der Waals surface area (Å²) in [5.41, 5.74) is 1.47. The number of rotatable bonds is 7. The molecule has 0 bridgehead atoms. The van der Waals surface area contributed by atoms with Gasteiger partial charge in [0.2, 0.25) is 10.0 Å². The van der Waals surface area contributed by atoms with Crippen LogP contribution in [0.25, 0.3) is 0 Å². The Bertz CT molecular complexity index is 1160. The molecule has 1 N–H and O–H groups in total. The topological polar surface area (TPSA) is 107 Å². The average Bonchev–Trinajstić information content (AvgIpc) is 2.72. The number of sulfonamides is 1. The Balaban J connectivity index is 1.82. The molecule has 0 aliphatic carbocycles. The number of carbonyl (C=O) groups is 2. The first-order chi connectivity index (χ1) is 14.3. The van der Waals surface area contributed by atoms with Crippen molar-refractivity contribution in [1.82, 2.24) is 0 Å². The molecule has 0 radical (unpaired) electrons. The van der Waals surface area contributed by atoms with Gasteiger partial charge >= 0.3 is 0 Å². The van der Waals surface area contributed by atoms with Gasteiger partial charge in [0.1, 0.15) is 0 Å². The van der Waals surface area contributed by atoms with Crippen molar-refractivity contribution in [3.05, 3.63) is 95.6 Å². The Morgan fingerprint density at radius 3 is 2.10 bits per heavy atom. The van der Waals surface area contributed by atoms with Crippen molar-refractivity contribution < 1.29 is 23.1 Å². The van der Waals surface area contributed by atoms with Crippen molar-refractivity contribution >= 4 is 33.3 Å². The molecular weight excluding hydrogens is 404 g/mol. The van der Waals surface area contributed by atoms with E-state index in [1.54, 1.807) is 6.07 Å². The Morgan fingerprint density at radius 1 is 0.900 bits per heavy atom. The molecule has 154 valence electrons. The molecule has 3 aromatic rings. The fourth-order valence-corrected chi connectivity index (χ4v) is 3.78. The second kappa shape index (κ2) is 8.79. The third kappa shape index (κ3) is 5.03. The molecule has 0 saturated carbocycles. The molecular formula is C22H19N2O5S-. The van der Waals surface area contributed by atoms with Crippen LogP contribution in [0.1, 0.15) is 26.3 Å². The highest BCUT2D eigenvalue weighted by Gasteiger charge is 2.18. The largest absolute Gasteiger partial charge is 0.545 e. The van der Waals surface area contributed by atoms with E-state index in [2.05, 4.69) is 5.32 Å². The van der Waals surface area contributed by atoms with Crippen LogP contribution in [-0.2, 0) is 16.6 Å². The summed E-state index contributed by atoms with van der Waals surface area (Å²) in [4.78, 5) is 23.7. The molecule has 30 heavy (non-hydrogen) atoms. The number of para-hydroxylation sites is 1. The van der Waals surface area contributed by atoms with Gasteiger partial charge in [-0.15, -0.1) is 0 Å².